The van der Waals surface area contributed by atoms with Gasteiger partial charge >= 0.3 is 6.03 Å². The van der Waals surface area contributed by atoms with E-state index in [1.807, 2.05) is 57.2 Å². The number of carbonyl (C=O) groups excluding carboxylic acids is 1. The highest BCUT2D eigenvalue weighted by atomic mass is 16.5. The van der Waals surface area contributed by atoms with Crippen LogP contribution in [0.15, 0.2) is 48.8 Å². The van der Waals surface area contributed by atoms with E-state index in [4.69, 9.17) is 4.74 Å². The van der Waals surface area contributed by atoms with Crippen molar-refractivity contribution < 1.29 is 9.53 Å². The Kier molecular flexibility index (Phi) is 6.32. The van der Waals surface area contributed by atoms with Gasteiger partial charge in [-0.2, -0.15) is 0 Å². The fourth-order valence-electron chi connectivity index (χ4n) is 2.26. The van der Waals surface area contributed by atoms with Crippen LogP contribution in [0.25, 0.3) is 0 Å². The molecule has 2 aromatic rings. The van der Waals surface area contributed by atoms with Crippen molar-refractivity contribution in [3.63, 3.8) is 0 Å². The summed E-state index contributed by atoms with van der Waals surface area (Å²) in [6.07, 6.45) is 3.51. The molecule has 1 aromatic heterocycles. The van der Waals surface area contributed by atoms with Crippen LogP contribution in [0.2, 0.25) is 0 Å². The summed E-state index contributed by atoms with van der Waals surface area (Å²) in [6, 6.07) is 11.7. The smallest absolute Gasteiger partial charge is 0.315 e. The summed E-state index contributed by atoms with van der Waals surface area (Å²) in [5.41, 5.74) is 2.78. The molecule has 0 unspecified atom stereocenters. The van der Waals surface area contributed by atoms with Crippen LogP contribution in [0.3, 0.4) is 0 Å². The van der Waals surface area contributed by atoms with E-state index in [1.54, 1.807) is 12.4 Å². The zero-order valence-electron chi connectivity index (χ0n) is 14.5. The molecule has 24 heavy (non-hydrogen) atoms. The monoisotopic (exact) mass is 327 g/mol. The summed E-state index contributed by atoms with van der Waals surface area (Å²) in [6.45, 7) is 7.29. The van der Waals surface area contributed by atoms with E-state index >= 15 is 0 Å². The largest absolute Gasteiger partial charge is 0.374 e. The van der Waals surface area contributed by atoms with Crippen LogP contribution in [0.1, 0.15) is 30.5 Å². The molecule has 0 aliphatic carbocycles. The first-order chi connectivity index (χ1) is 11.5. The van der Waals surface area contributed by atoms with Gasteiger partial charge in [0.15, 0.2) is 0 Å². The van der Waals surface area contributed by atoms with Gasteiger partial charge < -0.3 is 15.4 Å². The number of pyridine rings is 1. The minimum absolute atomic E-state index is 0.209. The van der Waals surface area contributed by atoms with Gasteiger partial charge in [0.05, 0.1) is 18.8 Å². The van der Waals surface area contributed by atoms with E-state index in [0.29, 0.717) is 19.8 Å². The summed E-state index contributed by atoms with van der Waals surface area (Å²) < 4.78 is 5.72. The molecule has 0 bridgehead atoms. The van der Waals surface area contributed by atoms with Crippen molar-refractivity contribution in [2.75, 3.05) is 6.61 Å². The molecular weight excluding hydrogens is 302 g/mol. The van der Waals surface area contributed by atoms with E-state index in [2.05, 4.69) is 15.6 Å². The highest BCUT2D eigenvalue weighted by Crippen LogP contribution is 2.07. The first kappa shape index (κ1) is 17.9. The topological polar surface area (TPSA) is 63.2 Å². The molecule has 128 valence electrons. The van der Waals surface area contributed by atoms with Gasteiger partial charge in [-0.15, -0.1) is 0 Å². The van der Waals surface area contributed by atoms with E-state index in [0.717, 1.165) is 16.7 Å². The van der Waals surface area contributed by atoms with Crippen molar-refractivity contribution in [3.05, 3.63) is 65.5 Å². The number of aryl methyl sites for hydroxylation is 1. The number of hydrogen-bond donors (Lipinski definition) is 2. The number of nitrogens with one attached hydrogen (secondary N) is 2. The second-order valence-corrected chi connectivity index (χ2v) is 6.47. The molecule has 0 aliphatic heterocycles. The number of aromatic nitrogens is 1. The van der Waals surface area contributed by atoms with Crippen LogP contribution in [0, 0.1) is 6.92 Å². The Morgan fingerprint density at radius 3 is 2.67 bits per heavy atom. The standard InChI is InChI=1S/C19H25N3O2/c1-15-11-20-10-9-17(15)12-21-18(23)22-19(2,3)14-24-13-16-7-5-4-6-8-16/h4-11H,12-14H2,1-3H3,(H2,21,22,23). The fraction of sp³-hybridized carbons (Fsp3) is 0.368. The molecule has 0 spiro atoms. The molecule has 2 amide bonds. The predicted octanol–water partition coefficient (Wildman–Crippen LogP) is 3.18. The molecule has 2 N–H and O–H groups in total. The Hall–Kier alpha value is -2.40. The number of hydrogen-bond acceptors (Lipinski definition) is 3. The van der Waals surface area contributed by atoms with E-state index in [9.17, 15) is 4.79 Å². The van der Waals surface area contributed by atoms with Crippen molar-refractivity contribution in [1.29, 1.82) is 0 Å². The molecule has 5 nitrogen and oxygen atoms in total. The first-order valence-electron chi connectivity index (χ1n) is 8.03. The molecule has 0 saturated heterocycles. The summed E-state index contributed by atoms with van der Waals surface area (Å²) in [7, 11) is 0. The maximum Gasteiger partial charge on any atom is 0.315 e. The lowest BCUT2D eigenvalue weighted by Crippen LogP contribution is -2.50. The van der Waals surface area contributed by atoms with Gasteiger partial charge in [-0.1, -0.05) is 30.3 Å². The van der Waals surface area contributed by atoms with Crippen molar-refractivity contribution in [1.82, 2.24) is 15.6 Å². The zero-order chi connectivity index (χ0) is 17.4. The SMILES string of the molecule is Cc1cnccc1CNC(=O)NC(C)(C)COCc1ccccc1. The van der Waals surface area contributed by atoms with Crippen LogP contribution in [0.4, 0.5) is 4.79 Å². The normalized spacial score (nSPS) is 11.1. The maximum atomic E-state index is 12.1. The number of amides is 2. The van der Waals surface area contributed by atoms with Gasteiger partial charge in [0.1, 0.15) is 0 Å². The molecule has 0 fully saturated rings. The third-order valence-corrected chi connectivity index (χ3v) is 3.60. The lowest BCUT2D eigenvalue weighted by atomic mass is 10.1. The summed E-state index contributed by atoms with van der Waals surface area (Å²) in [4.78, 5) is 16.1. The van der Waals surface area contributed by atoms with Crippen LogP contribution in [-0.2, 0) is 17.9 Å². The van der Waals surface area contributed by atoms with Crippen LogP contribution < -0.4 is 10.6 Å². The van der Waals surface area contributed by atoms with Gasteiger partial charge in [-0.3, -0.25) is 4.98 Å². The van der Waals surface area contributed by atoms with E-state index in [1.165, 1.54) is 0 Å². The highest BCUT2D eigenvalue weighted by Gasteiger charge is 2.20. The van der Waals surface area contributed by atoms with Crippen molar-refractivity contribution in [3.8, 4) is 0 Å². The number of urea groups is 1. The van der Waals surface area contributed by atoms with Gasteiger partial charge in [0.25, 0.3) is 0 Å². The number of carbonyl (C=O) groups is 1. The summed E-state index contributed by atoms with van der Waals surface area (Å²) in [5.74, 6) is 0. The van der Waals surface area contributed by atoms with Gasteiger partial charge in [0.2, 0.25) is 0 Å². The Morgan fingerprint density at radius 1 is 1.21 bits per heavy atom. The molecule has 1 aromatic carbocycles. The van der Waals surface area contributed by atoms with Crippen molar-refractivity contribution in [2.24, 2.45) is 0 Å². The van der Waals surface area contributed by atoms with Crippen molar-refractivity contribution in [2.45, 2.75) is 39.5 Å². The molecule has 0 radical (unpaired) electrons. The zero-order valence-corrected chi connectivity index (χ0v) is 14.5. The summed E-state index contributed by atoms with van der Waals surface area (Å²) >= 11 is 0. The van der Waals surface area contributed by atoms with Crippen LogP contribution in [-0.4, -0.2) is 23.2 Å². The number of nitrogens with zero attached hydrogens (tertiary/aromatic N) is 1. The third kappa shape index (κ3) is 6.01. The second kappa shape index (κ2) is 8.45. The molecule has 2 rings (SSSR count). The van der Waals surface area contributed by atoms with E-state index < -0.39 is 5.54 Å². The Morgan fingerprint density at radius 2 is 1.96 bits per heavy atom. The Balaban J connectivity index is 1.74. The lowest BCUT2D eigenvalue weighted by molar-refractivity contribution is 0.0743. The minimum atomic E-state index is -0.452. The molecule has 0 aliphatic rings. The minimum Gasteiger partial charge on any atom is -0.374 e. The molecule has 1 heterocycles. The summed E-state index contributed by atoms with van der Waals surface area (Å²) in [5, 5.41) is 5.81. The average Bonchev–Trinajstić information content (AvgIpc) is 2.54. The molecular formula is C19H25N3O2. The molecule has 5 heteroatoms. The van der Waals surface area contributed by atoms with Gasteiger partial charge in [0, 0.05) is 18.9 Å². The third-order valence-electron chi connectivity index (χ3n) is 3.60. The Bertz CT molecular complexity index is 657. The van der Waals surface area contributed by atoms with Gasteiger partial charge in [-0.25, -0.2) is 4.79 Å². The first-order valence-corrected chi connectivity index (χ1v) is 8.03. The van der Waals surface area contributed by atoms with Crippen LogP contribution in [0.5, 0.6) is 0 Å². The number of ether oxygens (including phenoxy) is 1. The van der Waals surface area contributed by atoms with Gasteiger partial charge in [-0.05, 0) is 43.5 Å². The maximum absolute atomic E-state index is 12.1. The average molecular weight is 327 g/mol. The Labute approximate surface area is 143 Å². The van der Waals surface area contributed by atoms with Crippen molar-refractivity contribution >= 4 is 6.03 Å². The van der Waals surface area contributed by atoms with E-state index in [-0.39, 0.29) is 6.03 Å². The molecule has 0 saturated carbocycles. The second-order valence-electron chi connectivity index (χ2n) is 6.47. The highest BCUT2D eigenvalue weighted by molar-refractivity contribution is 5.74. The molecule has 0 atom stereocenters. The number of rotatable bonds is 7. The number of benzene rings is 1. The van der Waals surface area contributed by atoms with Crippen LogP contribution >= 0.6 is 0 Å². The lowest BCUT2D eigenvalue weighted by Gasteiger charge is -2.26. The quantitative estimate of drug-likeness (QED) is 0.821. The fourth-order valence-corrected chi connectivity index (χ4v) is 2.26. The predicted molar refractivity (Wildman–Crippen MR) is 94.5 cm³/mol.